The van der Waals surface area contributed by atoms with Crippen LogP contribution in [0.4, 0.5) is 17.1 Å². The Morgan fingerprint density at radius 3 is 2.33 bits per heavy atom. The summed E-state index contributed by atoms with van der Waals surface area (Å²) in [6.45, 7) is 6.24. The van der Waals surface area contributed by atoms with E-state index in [1.54, 1.807) is 17.0 Å². The zero-order chi connectivity index (χ0) is 28.4. The van der Waals surface area contributed by atoms with E-state index in [0.29, 0.717) is 37.2 Å². The molecule has 3 fully saturated rings. The lowest BCUT2D eigenvalue weighted by Gasteiger charge is -2.34. The first-order chi connectivity index (χ1) is 19.3. The number of nitrogens with zero attached hydrogens (tertiary/aromatic N) is 2. The van der Waals surface area contributed by atoms with E-state index in [-0.39, 0.29) is 29.2 Å². The SMILES string of the molecule is CCN(CC)c1ccc(NC(=O)C2N(CCCCO)C(=O)[C@@H]3[C@H](C(=O)Nc4ccccc4)[C@H]4OC23CC4Br)cc1. The summed E-state index contributed by atoms with van der Waals surface area (Å²) in [4.78, 5) is 45.2. The Hall–Kier alpha value is -2.95. The molecule has 1 spiro atoms. The Bertz CT molecular complexity index is 1220. The van der Waals surface area contributed by atoms with Crippen LogP contribution in [0.2, 0.25) is 0 Å². The van der Waals surface area contributed by atoms with Crippen molar-refractivity contribution in [2.24, 2.45) is 11.8 Å². The molecule has 6 atom stereocenters. The Morgan fingerprint density at radius 2 is 1.68 bits per heavy atom. The van der Waals surface area contributed by atoms with Crippen LogP contribution >= 0.6 is 15.9 Å². The number of halogens is 1. The van der Waals surface area contributed by atoms with E-state index in [0.717, 1.165) is 18.8 Å². The summed E-state index contributed by atoms with van der Waals surface area (Å²) in [6, 6.07) is 15.9. The standard InChI is InChI=1S/C30H37BrN4O5/c1-3-34(4-2)21-14-12-20(13-15-21)33-28(38)26-30-18-22(31)25(40-30)23(27(37)32-19-10-6-5-7-11-19)24(30)29(39)35(26)16-8-9-17-36/h5-7,10-15,22-26,36H,3-4,8-9,16-18H2,1-2H3,(H,32,37)(H,33,38)/t22?,23-,24-,25-,26?,30?/m0/s1. The van der Waals surface area contributed by atoms with Crippen LogP contribution in [0.3, 0.4) is 0 Å². The highest BCUT2D eigenvalue weighted by Gasteiger charge is 2.76. The highest BCUT2D eigenvalue weighted by molar-refractivity contribution is 9.09. The number of hydrogen-bond acceptors (Lipinski definition) is 6. The van der Waals surface area contributed by atoms with E-state index in [1.807, 2.05) is 42.5 Å². The Morgan fingerprint density at radius 1 is 1.02 bits per heavy atom. The van der Waals surface area contributed by atoms with Crippen LogP contribution in [0.5, 0.6) is 0 Å². The monoisotopic (exact) mass is 612 g/mol. The molecule has 10 heteroatoms. The van der Waals surface area contributed by atoms with Crippen LogP contribution in [0.25, 0.3) is 0 Å². The van der Waals surface area contributed by atoms with E-state index >= 15 is 0 Å². The Balaban J connectivity index is 1.43. The van der Waals surface area contributed by atoms with Crippen LogP contribution in [0.1, 0.15) is 33.1 Å². The van der Waals surface area contributed by atoms with Crippen molar-refractivity contribution in [2.75, 3.05) is 41.8 Å². The molecule has 2 aromatic carbocycles. The normalized spacial score (nSPS) is 28.4. The molecule has 0 aromatic heterocycles. The van der Waals surface area contributed by atoms with Gasteiger partial charge in [0.05, 0.1) is 17.9 Å². The summed E-state index contributed by atoms with van der Waals surface area (Å²) in [6.07, 6.45) is 0.958. The molecule has 3 N–H and O–H groups in total. The predicted molar refractivity (Wildman–Crippen MR) is 157 cm³/mol. The summed E-state index contributed by atoms with van der Waals surface area (Å²) in [7, 11) is 0. The largest absolute Gasteiger partial charge is 0.396 e. The van der Waals surface area contributed by atoms with E-state index in [2.05, 4.69) is 45.3 Å². The maximum atomic E-state index is 14.0. The second-order valence-corrected chi connectivity index (χ2v) is 11.9. The number of rotatable bonds is 11. The van der Waals surface area contributed by atoms with E-state index < -0.39 is 29.6 Å². The lowest BCUT2D eigenvalue weighted by molar-refractivity contribution is -0.139. The minimum atomic E-state index is -1.13. The molecular weight excluding hydrogens is 576 g/mol. The number of anilines is 3. The van der Waals surface area contributed by atoms with Crippen molar-refractivity contribution in [2.45, 2.75) is 55.7 Å². The third-order valence-corrected chi connectivity index (χ3v) is 9.30. The maximum absolute atomic E-state index is 14.0. The Kier molecular flexibility index (Phi) is 8.49. The lowest BCUT2D eigenvalue weighted by Crippen LogP contribution is -2.54. The second-order valence-electron chi connectivity index (χ2n) is 10.7. The number of aliphatic hydroxyl groups is 1. The van der Waals surface area contributed by atoms with Crippen LogP contribution in [0, 0.1) is 11.8 Å². The van der Waals surface area contributed by atoms with Gasteiger partial charge in [-0.05, 0) is 69.5 Å². The number of para-hydroxylation sites is 1. The van der Waals surface area contributed by atoms with Gasteiger partial charge in [-0.25, -0.2) is 0 Å². The van der Waals surface area contributed by atoms with Crippen molar-refractivity contribution >= 4 is 50.7 Å². The Labute approximate surface area is 243 Å². The third-order valence-electron chi connectivity index (χ3n) is 8.45. The molecule has 40 heavy (non-hydrogen) atoms. The molecule has 3 saturated heterocycles. The van der Waals surface area contributed by atoms with Crippen LogP contribution in [-0.2, 0) is 19.1 Å². The first-order valence-electron chi connectivity index (χ1n) is 14.1. The zero-order valence-corrected chi connectivity index (χ0v) is 24.5. The van der Waals surface area contributed by atoms with Crippen LogP contribution in [0.15, 0.2) is 54.6 Å². The van der Waals surface area contributed by atoms with Gasteiger partial charge in [0.2, 0.25) is 17.7 Å². The van der Waals surface area contributed by atoms with E-state index in [9.17, 15) is 19.5 Å². The fourth-order valence-electron chi connectivity index (χ4n) is 6.67. The molecule has 3 aliphatic heterocycles. The lowest BCUT2D eigenvalue weighted by atomic mass is 9.70. The molecule has 0 aliphatic carbocycles. The van der Waals surface area contributed by atoms with Crippen LogP contribution < -0.4 is 15.5 Å². The molecule has 0 radical (unpaired) electrons. The first-order valence-corrected chi connectivity index (χ1v) is 15.0. The molecule has 2 aromatic rings. The zero-order valence-electron chi connectivity index (χ0n) is 22.9. The molecule has 5 rings (SSSR count). The summed E-state index contributed by atoms with van der Waals surface area (Å²) in [5.74, 6) is -2.38. The smallest absolute Gasteiger partial charge is 0.250 e. The molecule has 3 amide bonds. The minimum absolute atomic E-state index is 0.00347. The molecule has 3 heterocycles. The summed E-state index contributed by atoms with van der Waals surface area (Å²) < 4.78 is 6.54. The van der Waals surface area contributed by atoms with Crippen molar-refractivity contribution < 1.29 is 24.2 Å². The molecule has 2 bridgehead atoms. The summed E-state index contributed by atoms with van der Waals surface area (Å²) in [5.41, 5.74) is 1.21. The highest BCUT2D eigenvalue weighted by atomic mass is 79.9. The fraction of sp³-hybridized carbons (Fsp3) is 0.500. The third kappa shape index (κ3) is 5.01. The molecule has 3 unspecified atom stereocenters. The summed E-state index contributed by atoms with van der Waals surface area (Å²) >= 11 is 3.70. The number of likely N-dealkylation sites (tertiary alicyclic amines) is 1. The highest BCUT2D eigenvalue weighted by Crippen LogP contribution is 2.60. The first kappa shape index (κ1) is 28.6. The van der Waals surface area contributed by atoms with Crippen molar-refractivity contribution in [1.29, 1.82) is 0 Å². The van der Waals surface area contributed by atoms with Gasteiger partial charge in [-0.1, -0.05) is 34.1 Å². The molecule has 9 nitrogen and oxygen atoms in total. The van der Waals surface area contributed by atoms with Gasteiger partial charge in [-0.15, -0.1) is 0 Å². The number of unbranched alkanes of at least 4 members (excludes halogenated alkanes) is 1. The molecular formula is C30H37BrN4O5. The van der Waals surface area contributed by atoms with Crippen molar-refractivity contribution in [1.82, 2.24) is 4.90 Å². The number of carbonyl (C=O) groups is 3. The van der Waals surface area contributed by atoms with Crippen LogP contribution in [-0.4, -0.2) is 76.5 Å². The van der Waals surface area contributed by atoms with E-state index in [1.165, 1.54) is 0 Å². The van der Waals surface area contributed by atoms with Gasteiger partial charge in [0.15, 0.2) is 0 Å². The van der Waals surface area contributed by atoms with Crippen molar-refractivity contribution in [3.63, 3.8) is 0 Å². The number of amides is 3. The van der Waals surface area contributed by atoms with Gasteiger partial charge in [-0.3, -0.25) is 14.4 Å². The second kappa shape index (κ2) is 11.9. The number of fused-ring (bicyclic) bond motifs is 1. The maximum Gasteiger partial charge on any atom is 0.250 e. The van der Waals surface area contributed by atoms with Gasteiger partial charge in [-0.2, -0.15) is 0 Å². The number of benzene rings is 2. The summed E-state index contributed by atoms with van der Waals surface area (Å²) in [5, 5.41) is 15.3. The van der Waals surface area contributed by atoms with Gasteiger partial charge in [0.25, 0.3) is 0 Å². The number of ether oxygens (including phenoxy) is 1. The molecule has 0 saturated carbocycles. The number of aliphatic hydroxyl groups excluding tert-OH is 1. The van der Waals surface area contributed by atoms with Gasteiger partial charge in [0.1, 0.15) is 11.6 Å². The number of carbonyl (C=O) groups excluding carboxylic acids is 3. The number of hydrogen-bond donors (Lipinski definition) is 3. The number of nitrogens with one attached hydrogen (secondary N) is 2. The molecule has 214 valence electrons. The van der Waals surface area contributed by atoms with E-state index in [4.69, 9.17) is 4.74 Å². The fourth-order valence-corrected chi connectivity index (χ4v) is 7.61. The van der Waals surface area contributed by atoms with Gasteiger partial charge >= 0.3 is 0 Å². The van der Waals surface area contributed by atoms with Crippen molar-refractivity contribution in [3.8, 4) is 0 Å². The quantitative estimate of drug-likeness (QED) is 0.264. The molecule has 3 aliphatic rings. The average Bonchev–Trinajstić information content (AvgIpc) is 3.54. The average molecular weight is 614 g/mol. The minimum Gasteiger partial charge on any atom is -0.396 e. The predicted octanol–water partition coefficient (Wildman–Crippen LogP) is 3.63. The topological polar surface area (TPSA) is 111 Å². The van der Waals surface area contributed by atoms with Gasteiger partial charge < -0.3 is 30.3 Å². The van der Waals surface area contributed by atoms with Gasteiger partial charge in [0, 0.05) is 48.1 Å². The van der Waals surface area contributed by atoms with Crippen molar-refractivity contribution in [3.05, 3.63) is 54.6 Å². The number of alkyl halides is 1.